The summed E-state index contributed by atoms with van der Waals surface area (Å²) in [5.41, 5.74) is 3.60. The van der Waals surface area contributed by atoms with E-state index in [1.165, 1.54) is 25.7 Å². The van der Waals surface area contributed by atoms with Gasteiger partial charge in [0.15, 0.2) is 0 Å². The number of pyridine rings is 1. The number of anilines is 2. The van der Waals surface area contributed by atoms with Crippen LogP contribution < -0.4 is 20.7 Å². The zero-order valence-electron chi connectivity index (χ0n) is 21.0. The van der Waals surface area contributed by atoms with Gasteiger partial charge in [-0.05, 0) is 55.7 Å². The van der Waals surface area contributed by atoms with Gasteiger partial charge in [0.05, 0.1) is 22.1 Å². The van der Waals surface area contributed by atoms with Crippen LogP contribution in [0.5, 0.6) is 11.5 Å². The van der Waals surface area contributed by atoms with Crippen LogP contribution in [0.25, 0.3) is 5.69 Å². The molecule has 1 fully saturated rings. The van der Waals surface area contributed by atoms with Crippen molar-refractivity contribution in [2.45, 2.75) is 32.1 Å². The van der Waals surface area contributed by atoms with Gasteiger partial charge in [-0.3, -0.25) is 15.1 Å². The van der Waals surface area contributed by atoms with E-state index in [4.69, 9.17) is 21.4 Å². The van der Waals surface area contributed by atoms with Gasteiger partial charge in [-0.2, -0.15) is 5.10 Å². The van der Waals surface area contributed by atoms with Crippen LogP contribution in [0.2, 0.25) is 5.02 Å². The third-order valence-electron chi connectivity index (χ3n) is 6.36. The molecule has 194 valence electrons. The fourth-order valence-corrected chi connectivity index (χ4v) is 4.36. The quantitative estimate of drug-likeness (QED) is 0.260. The van der Waals surface area contributed by atoms with E-state index in [2.05, 4.69) is 20.9 Å². The minimum absolute atomic E-state index is 0.233. The maximum Gasteiger partial charge on any atom is 0.324 e. The Kier molecular flexibility index (Phi) is 7.28. The standard InChI is InChI=1S/C28H27ClN6O3/c1-17-5-3-8-19(13-17)35-26(16-24(34-35)18-6-4-7-18)33-28(37)32-23-10-9-20(14-22(23)29)38-21-11-12-31-25(15-21)27(36)30-2/h3,5,8-16,18H,4,6-7H2,1-2H3,(H,30,36)(H2,32,33,37). The van der Waals surface area contributed by atoms with E-state index in [0.29, 0.717) is 33.9 Å². The number of hydrogen-bond acceptors (Lipinski definition) is 5. The van der Waals surface area contributed by atoms with Crippen LogP contribution >= 0.6 is 11.6 Å². The highest BCUT2D eigenvalue weighted by molar-refractivity contribution is 6.34. The van der Waals surface area contributed by atoms with E-state index >= 15 is 0 Å². The maximum atomic E-state index is 13.0. The monoisotopic (exact) mass is 530 g/mol. The molecular weight excluding hydrogens is 504 g/mol. The molecule has 0 radical (unpaired) electrons. The highest BCUT2D eigenvalue weighted by Crippen LogP contribution is 2.37. The Morgan fingerprint density at radius 3 is 2.55 bits per heavy atom. The summed E-state index contributed by atoms with van der Waals surface area (Å²) in [6, 6.07) is 17.5. The lowest BCUT2D eigenvalue weighted by atomic mass is 9.83. The Bertz CT molecular complexity index is 1500. The summed E-state index contributed by atoms with van der Waals surface area (Å²) in [7, 11) is 1.53. The Morgan fingerprint density at radius 1 is 1.03 bits per heavy atom. The largest absolute Gasteiger partial charge is 0.457 e. The second-order valence-corrected chi connectivity index (χ2v) is 9.52. The number of nitrogens with one attached hydrogen (secondary N) is 3. The molecule has 0 spiro atoms. The summed E-state index contributed by atoms with van der Waals surface area (Å²) in [4.78, 5) is 28.8. The second kappa shape index (κ2) is 10.9. The first-order valence-electron chi connectivity index (χ1n) is 12.3. The van der Waals surface area contributed by atoms with Crippen LogP contribution in [0.4, 0.5) is 16.3 Å². The summed E-state index contributed by atoms with van der Waals surface area (Å²) in [6.45, 7) is 2.02. The third kappa shape index (κ3) is 5.63. The van der Waals surface area contributed by atoms with E-state index in [0.717, 1.165) is 29.8 Å². The Hall–Kier alpha value is -4.37. The summed E-state index contributed by atoms with van der Waals surface area (Å²) >= 11 is 6.45. The molecule has 0 unspecified atom stereocenters. The molecule has 9 nitrogen and oxygen atoms in total. The van der Waals surface area contributed by atoms with Gasteiger partial charge < -0.3 is 15.4 Å². The van der Waals surface area contributed by atoms with Crippen molar-refractivity contribution in [1.29, 1.82) is 0 Å². The molecule has 4 aromatic rings. The molecule has 0 aliphatic heterocycles. The third-order valence-corrected chi connectivity index (χ3v) is 6.67. The smallest absolute Gasteiger partial charge is 0.324 e. The number of carbonyl (C=O) groups excluding carboxylic acids is 2. The Balaban J connectivity index is 1.30. The van der Waals surface area contributed by atoms with Crippen molar-refractivity contribution in [3.05, 3.63) is 88.8 Å². The van der Waals surface area contributed by atoms with Gasteiger partial charge >= 0.3 is 6.03 Å². The van der Waals surface area contributed by atoms with Gasteiger partial charge in [0.1, 0.15) is 23.0 Å². The average molecular weight is 531 g/mol. The molecule has 0 atom stereocenters. The molecule has 0 bridgehead atoms. The van der Waals surface area contributed by atoms with Crippen molar-refractivity contribution in [2.75, 3.05) is 17.7 Å². The molecular formula is C28H27ClN6O3. The predicted octanol–water partition coefficient (Wildman–Crippen LogP) is 6.29. The zero-order valence-corrected chi connectivity index (χ0v) is 21.7. The minimum atomic E-state index is -0.445. The normalized spacial score (nSPS) is 12.9. The number of carbonyl (C=O) groups is 2. The highest BCUT2D eigenvalue weighted by Gasteiger charge is 2.24. The van der Waals surface area contributed by atoms with E-state index < -0.39 is 6.03 Å². The van der Waals surface area contributed by atoms with Crippen LogP contribution in [0.1, 0.15) is 46.9 Å². The maximum absolute atomic E-state index is 13.0. The van der Waals surface area contributed by atoms with Crippen LogP contribution in [0, 0.1) is 6.92 Å². The van der Waals surface area contributed by atoms with Gasteiger partial charge in [0.25, 0.3) is 5.91 Å². The van der Waals surface area contributed by atoms with Crippen LogP contribution in [0.15, 0.2) is 66.9 Å². The average Bonchev–Trinajstić information content (AvgIpc) is 3.27. The number of urea groups is 1. The summed E-state index contributed by atoms with van der Waals surface area (Å²) in [5.74, 6) is 1.55. The minimum Gasteiger partial charge on any atom is -0.457 e. The van der Waals surface area contributed by atoms with Gasteiger partial charge in [0.2, 0.25) is 0 Å². The molecule has 2 aromatic heterocycles. The lowest BCUT2D eigenvalue weighted by molar-refractivity contribution is 0.0958. The molecule has 3 N–H and O–H groups in total. The molecule has 1 saturated carbocycles. The van der Waals surface area contributed by atoms with Crippen molar-refractivity contribution >= 4 is 35.0 Å². The second-order valence-electron chi connectivity index (χ2n) is 9.11. The van der Waals surface area contributed by atoms with Crippen LogP contribution in [-0.2, 0) is 0 Å². The van der Waals surface area contributed by atoms with Crippen molar-refractivity contribution in [3.63, 3.8) is 0 Å². The fraction of sp³-hybridized carbons (Fsp3) is 0.214. The summed E-state index contributed by atoms with van der Waals surface area (Å²) in [5, 5.41) is 13.3. The summed E-state index contributed by atoms with van der Waals surface area (Å²) < 4.78 is 7.59. The van der Waals surface area contributed by atoms with Gasteiger partial charge in [0, 0.05) is 37.4 Å². The van der Waals surface area contributed by atoms with Crippen molar-refractivity contribution < 1.29 is 14.3 Å². The molecule has 1 aliphatic carbocycles. The van der Waals surface area contributed by atoms with E-state index in [1.807, 2.05) is 37.3 Å². The fourth-order valence-electron chi connectivity index (χ4n) is 4.14. The number of nitrogens with zero attached hydrogens (tertiary/aromatic N) is 3. The van der Waals surface area contributed by atoms with Crippen molar-refractivity contribution in [3.8, 4) is 17.2 Å². The van der Waals surface area contributed by atoms with Gasteiger partial charge in [-0.15, -0.1) is 0 Å². The Labute approximate surface area is 225 Å². The summed E-state index contributed by atoms with van der Waals surface area (Å²) in [6.07, 6.45) is 4.89. The molecule has 2 aromatic carbocycles. The van der Waals surface area contributed by atoms with E-state index in [-0.39, 0.29) is 11.6 Å². The molecule has 0 saturated heterocycles. The topological polar surface area (TPSA) is 110 Å². The zero-order chi connectivity index (χ0) is 26.6. The molecule has 1 aliphatic rings. The van der Waals surface area contributed by atoms with Gasteiger partial charge in [-0.1, -0.05) is 30.2 Å². The number of aryl methyl sites for hydroxylation is 1. The number of benzene rings is 2. The number of aromatic nitrogens is 3. The van der Waals surface area contributed by atoms with Crippen LogP contribution in [-0.4, -0.2) is 33.8 Å². The molecule has 38 heavy (non-hydrogen) atoms. The number of rotatable bonds is 7. The van der Waals surface area contributed by atoms with Gasteiger partial charge in [-0.25, -0.2) is 9.48 Å². The predicted molar refractivity (Wildman–Crippen MR) is 147 cm³/mol. The lowest BCUT2D eigenvalue weighted by Gasteiger charge is -2.22. The first-order chi connectivity index (χ1) is 18.4. The Morgan fingerprint density at radius 2 is 1.84 bits per heavy atom. The molecule has 5 rings (SSSR count). The first kappa shape index (κ1) is 25.3. The first-order valence-corrected chi connectivity index (χ1v) is 12.7. The number of hydrogen-bond donors (Lipinski definition) is 3. The molecule has 10 heteroatoms. The van der Waals surface area contributed by atoms with Crippen molar-refractivity contribution in [2.24, 2.45) is 0 Å². The highest BCUT2D eigenvalue weighted by atomic mass is 35.5. The number of halogens is 1. The molecule has 2 heterocycles. The van der Waals surface area contributed by atoms with Crippen LogP contribution in [0.3, 0.4) is 0 Å². The van der Waals surface area contributed by atoms with E-state index in [1.54, 1.807) is 28.9 Å². The number of ether oxygens (including phenoxy) is 1. The lowest BCUT2D eigenvalue weighted by Crippen LogP contribution is -2.21. The SMILES string of the molecule is CNC(=O)c1cc(Oc2ccc(NC(=O)Nc3cc(C4CCC4)nn3-c3cccc(C)c3)c(Cl)c2)ccn1. The van der Waals surface area contributed by atoms with Crippen molar-refractivity contribution in [1.82, 2.24) is 20.1 Å². The van der Waals surface area contributed by atoms with E-state index in [9.17, 15) is 9.59 Å². The number of amides is 3. The molecule has 3 amide bonds.